The minimum Gasteiger partial charge on any atom is -0.337 e. The third kappa shape index (κ3) is 3.75. The number of fused-ring (bicyclic) bond motifs is 1. The predicted molar refractivity (Wildman–Crippen MR) is 131 cm³/mol. The second kappa shape index (κ2) is 8.59. The number of benzene rings is 3. The van der Waals surface area contributed by atoms with Crippen molar-refractivity contribution >= 4 is 10.9 Å². The lowest BCUT2D eigenvalue weighted by Gasteiger charge is -2.14. The normalized spacial score (nSPS) is 11.3. The Labute approximate surface area is 195 Å². The molecule has 0 amide bonds. The minimum atomic E-state index is -0.454. The molecule has 170 valence electrons. The standard InChI is InChI=1S/C27H24N4O3/c1-4-19-11-13-20(14-12-19)25-28-24(34-29-25)16-30-22-8-6-5-7-21(22)26(32)31(27(30)33)23-15-17(2)9-10-18(23)3/h5-15H,4,16H2,1-3H3. The number of hydrogen-bond acceptors (Lipinski definition) is 5. The van der Waals surface area contributed by atoms with Crippen LogP contribution in [-0.2, 0) is 13.0 Å². The molecule has 7 nitrogen and oxygen atoms in total. The van der Waals surface area contributed by atoms with Crippen LogP contribution in [0.1, 0.15) is 29.5 Å². The van der Waals surface area contributed by atoms with Gasteiger partial charge in [0.2, 0.25) is 11.7 Å². The molecule has 0 fully saturated rings. The molecule has 2 heterocycles. The first-order chi connectivity index (χ1) is 16.5. The highest BCUT2D eigenvalue weighted by atomic mass is 16.5. The van der Waals surface area contributed by atoms with Crippen LogP contribution in [0.25, 0.3) is 28.0 Å². The van der Waals surface area contributed by atoms with Gasteiger partial charge in [-0.2, -0.15) is 4.98 Å². The second-order valence-electron chi connectivity index (χ2n) is 8.38. The summed E-state index contributed by atoms with van der Waals surface area (Å²) in [5, 5.41) is 4.54. The average Bonchev–Trinajstić information content (AvgIpc) is 3.33. The summed E-state index contributed by atoms with van der Waals surface area (Å²) in [5.74, 6) is 0.742. The molecule has 0 radical (unpaired) electrons. The number of aryl methyl sites for hydroxylation is 3. The van der Waals surface area contributed by atoms with Crippen LogP contribution in [0.4, 0.5) is 0 Å². The first kappa shape index (κ1) is 21.6. The third-order valence-corrected chi connectivity index (χ3v) is 6.04. The molecule has 3 aromatic carbocycles. The molecule has 0 aliphatic heterocycles. The Morgan fingerprint density at radius 3 is 2.47 bits per heavy atom. The highest BCUT2D eigenvalue weighted by Crippen LogP contribution is 2.19. The van der Waals surface area contributed by atoms with E-state index < -0.39 is 5.69 Å². The summed E-state index contributed by atoms with van der Waals surface area (Å²) in [6.07, 6.45) is 0.948. The molecule has 0 N–H and O–H groups in total. The van der Waals surface area contributed by atoms with Crippen LogP contribution in [0.15, 0.2) is 80.8 Å². The average molecular weight is 453 g/mol. The summed E-state index contributed by atoms with van der Waals surface area (Å²) in [7, 11) is 0. The van der Waals surface area contributed by atoms with E-state index in [9.17, 15) is 9.59 Å². The van der Waals surface area contributed by atoms with Crippen LogP contribution in [0.5, 0.6) is 0 Å². The first-order valence-electron chi connectivity index (χ1n) is 11.2. The van der Waals surface area contributed by atoms with Crippen LogP contribution < -0.4 is 11.2 Å². The topological polar surface area (TPSA) is 82.9 Å². The summed E-state index contributed by atoms with van der Waals surface area (Å²) >= 11 is 0. The number of rotatable bonds is 5. The third-order valence-electron chi connectivity index (χ3n) is 6.04. The van der Waals surface area contributed by atoms with Gasteiger partial charge in [0.25, 0.3) is 5.56 Å². The van der Waals surface area contributed by atoms with Crippen molar-refractivity contribution in [3.8, 4) is 17.1 Å². The molecular formula is C27H24N4O3. The predicted octanol–water partition coefficient (Wildman–Crippen LogP) is 4.43. The molecule has 5 aromatic rings. The molecule has 5 rings (SSSR count). The van der Waals surface area contributed by atoms with Gasteiger partial charge in [0.05, 0.1) is 16.6 Å². The van der Waals surface area contributed by atoms with Gasteiger partial charge in [0.1, 0.15) is 6.54 Å². The van der Waals surface area contributed by atoms with E-state index in [2.05, 4.69) is 17.1 Å². The van der Waals surface area contributed by atoms with Crippen molar-refractivity contribution in [2.45, 2.75) is 33.7 Å². The summed E-state index contributed by atoms with van der Waals surface area (Å²) < 4.78 is 8.23. The number of para-hydroxylation sites is 1. The SMILES string of the molecule is CCc1ccc(-c2noc(Cn3c(=O)n(-c4cc(C)ccc4C)c(=O)c4ccccc43)n2)cc1. The molecule has 0 spiro atoms. The zero-order chi connectivity index (χ0) is 23.8. The van der Waals surface area contributed by atoms with Crippen LogP contribution in [0.3, 0.4) is 0 Å². The van der Waals surface area contributed by atoms with E-state index in [1.165, 1.54) is 14.7 Å². The van der Waals surface area contributed by atoms with E-state index >= 15 is 0 Å². The molecule has 0 saturated heterocycles. The van der Waals surface area contributed by atoms with Crippen LogP contribution >= 0.6 is 0 Å². The lowest BCUT2D eigenvalue weighted by molar-refractivity contribution is 0.370. The molecule has 0 unspecified atom stereocenters. The molecule has 0 aliphatic rings. The van der Waals surface area contributed by atoms with Gasteiger partial charge in [0, 0.05) is 5.56 Å². The molecule has 0 saturated carbocycles. The summed E-state index contributed by atoms with van der Waals surface area (Å²) in [6.45, 7) is 5.96. The van der Waals surface area contributed by atoms with Crippen molar-refractivity contribution in [3.05, 3.63) is 110 Å². The number of hydrogen-bond donors (Lipinski definition) is 0. The summed E-state index contributed by atoms with van der Waals surface area (Å²) in [4.78, 5) is 31.5. The van der Waals surface area contributed by atoms with Crippen molar-refractivity contribution in [1.29, 1.82) is 0 Å². The zero-order valence-corrected chi connectivity index (χ0v) is 19.3. The van der Waals surface area contributed by atoms with Crippen molar-refractivity contribution in [3.63, 3.8) is 0 Å². The van der Waals surface area contributed by atoms with Crippen LogP contribution in [0.2, 0.25) is 0 Å². The fourth-order valence-electron chi connectivity index (χ4n) is 4.11. The van der Waals surface area contributed by atoms with Crippen molar-refractivity contribution < 1.29 is 4.52 Å². The molecule has 0 aliphatic carbocycles. The maximum Gasteiger partial charge on any atom is 0.336 e. The van der Waals surface area contributed by atoms with Gasteiger partial charge in [-0.15, -0.1) is 0 Å². The second-order valence-corrected chi connectivity index (χ2v) is 8.38. The summed E-state index contributed by atoms with van der Waals surface area (Å²) in [5.41, 5.74) is 4.13. The molecule has 7 heteroatoms. The van der Waals surface area contributed by atoms with Gasteiger partial charge in [-0.3, -0.25) is 9.36 Å². The molecular weight excluding hydrogens is 428 g/mol. The Morgan fingerprint density at radius 2 is 1.71 bits per heavy atom. The molecule has 0 atom stereocenters. The van der Waals surface area contributed by atoms with E-state index in [1.807, 2.05) is 56.3 Å². The van der Waals surface area contributed by atoms with E-state index in [4.69, 9.17) is 4.52 Å². The number of nitrogens with zero attached hydrogens (tertiary/aromatic N) is 4. The van der Waals surface area contributed by atoms with E-state index in [1.54, 1.807) is 24.3 Å². The Kier molecular flexibility index (Phi) is 5.45. The Hall–Kier alpha value is -4.26. The molecule has 34 heavy (non-hydrogen) atoms. The van der Waals surface area contributed by atoms with Gasteiger partial charge in [-0.1, -0.05) is 60.6 Å². The maximum absolute atomic E-state index is 13.7. The van der Waals surface area contributed by atoms with E-state index in [-0.39, 0.29) is 18.0 Å². The van der Waals surface area contributed by atoms with Gasteiger partial charge >= 0.3 is 5.69 Å². The van der Waals surface area contributed by atoms with Crippen molar-refractivity contribution in [2.75, 3.05) is 0 Å². The quantitative estimate of drug-likeness (QED) is 0.394. The monoisotopic (exact) mass is 452 g/mol. The van der Waals surface area contributed by atoms with Crippen LogP contribution in [0, 0.1) is 13.8 Å². The van der Waals surface area contributed by atoms with E-state index in [0.29, 0.717) is 22.4 Å². The number of aromatic nitrogens is 4. The Balaban J connectivity index is 1.64. The lowest BCUT2D eigenvalue weighted by Crippen LogP contribution is -2.39. The van der Waals surface area contributed by atoms with Crippen molar-refractivity contribution in [1.82, 2.24) is 19.3 Å². The highest BCUT2D eigenvalue weighted by molar-refractivity contribution is 5.78. The van der Waals surface area contributed by atoms with Gasteiger partial charge < -0.3 is 4.52 Å². The Morgan fingerprint density at radius 1 is 0.941 bits per heavy atom. The minimum absolute atomic E-state index is 0.0462. The van der Waals surface area contributed by atoms with Crippen molar-refractivity contribution in [2.24, 2.45) is 0 Å². The van der Waals surface area contributed by atoms with Gasteiger partial charge in [0.15, 0.2) is 0 Å². The first-order valence-corrected chi connectivity index (χ1v) is 11.2. The summed E-state index contributed by atoms with van der Waals surface area (Å²) in [6, 6.07) is 20.8. The molecule has 0 bridgehead atoms. The zero-order valence-electron chi connectivity index (χ0n) is 19.3. The highest BCUT2D eigenvalue weighted by Gasteiger charge is 2.18. The smallest absolute Gasteiger partial charge is 0.336 e. The maximum atomic E-state index is 13.7. The van der Waals surface area contributed by atoms with Gasteiger partial charge in [-0.25, -0.2) is 9.36 Å². The van der Waals surface area contributed by atoms with Gasteiger partial charge in [-0.05, 0) is 55.2 Å². The van der Waals surface area contributed by atoms with E-state index in [0.717, 1.165) is 23.1 Å². The van der Waals surface area contributed by atoms with Crippen LogP contribution in [-0.4, -0.2) is 19.3 Å². The molecule has 2 aromatic heterocycles. The lowest BCUT2D eigenvalue weighted by atomic mass is 10.1. The fourth-order valence-corrected chi connectivity index (χ4v) is 4.11. The Bertz CT molecular complexity index is 1630. The largest absolute Gasteiger partial charge is 0.337 e. The fraction of sp³-hybridized carbons (Fsp3) is 0.185.